The zero-order chi connectivity index (χ0) is 13.1. The van der Waals surface area contributed by atoms with Crippen LogP contribution in [0.2, 0.25) is 0 Å². The number of alkyl halides is 2. The maximum Gasteiger partial charge on any atom is 0.379 e. The zero-order valence-electron chi connectivity index (χ0n) is 9.12. The predicted octanol–water partition coefficient (Wildman–Crippen LogP) is 2.02. The van der Waals surface area contributed by atoms with Crippen LogP contribution in [0.5, 0.6) is 0 Å². The summed E-state index contributed by atoms with van der Waals surface area (Å²) < 4.78 is 43.8. The molecule has 17 heavy (non-hydrogen) atoms. The molecule has 6 heteroatoms. The minimum absolute atomic E-state index is 0.0375. The molecule has 0 amide bonds. The highest BCUT2D eigenvalue weighted by Crippen LogP contribution is 2.30. The van der Waals surface area contributed by atoms with Gasteiger partial charge < -0.3 is 10.5 Å². The van der Waals surface area contributed by atoms with E-state index in [1.807, 2.05) is 0 Å². The lowest BCUT2D eigenvalue weighted by atomic mass is 10.0. The highest BCUT2D eigenvalue weighted by molar-refractivity contribution is 5.78. The van der Waals surface area contributed by atoms with Crippen molar-refractivity contribution in [2.24, 2.45) is 5.73 Å². The van der Waals surface area contributed by atoms with Crippen molar-refractivity contribution in [2.75, 3.05) is 6.61 Å². The van der Waals surface area contributed by atoms with Gasteiger partial charge in [-0.25, -0.2) is 9.18 Å². The van der Waals surface area contributed by atoms with Crippen LogP contribution in [0.15, 0.2) is 24.3 Å². The molecule has 0 unspecified atom stereocenters. The number of halogens is 3. The molecule has 1 rings (SSSR count). The average molecular weight is 247 g/mol. The molecule has 0 aliphatic rings. The average Bonchev–Trinajstić information content (AvgIpc) is 2.29. The smallest absolute Gasteiger partial charge is 0.379 e. The van der Waals surface area contributed by atoms with Gasteiger partial charge >= 0.3 is 11.9 Å². The summed E-state index contributed by atoms with van der Waals surface area (Å²) in [6.45, 7) is 1.25. The molecule has 0 bridgehead atoms. The largest absolute Gasteiger partial charge is 0.462 e. The Morgan fingerprint density at radius 2 is 1.94 bits per heavy atom. The molecule has 1 atom stereocenters. The standard InChI is InChI=1S/C11H12F3NO2/c1-2-17-10(16)11(13,14)9(15)7-3-5-8(12)6-4-7/h3-6,9H,2,15H2,1H3/t9-/m0/s1. The molecule has 94 valence electrons. The topological polar surface area (TPSA) is 52.3 Å². The Labute approximate surface area is 96.4 Å². The first kappa shape index (κ1) is 13.5. The Morgan fingerprint density at radius 3 is 2.41 bits per heavy atom. The first-order valence-corrected chi connectivity index (χ1v) is 4.95. The lowest BCUT2D eigenvalue weighted by Gasteiger charge is -2.21. The van der Waals surface area contributed by atoms with Gasteiger partial charge in [0.2, 0.25) is 0 Å². The third kappa shape index (κ3) is 2.97. The van der Waals surface area contributed by atoms with Crippen molar-refractivity contribution in [3.63, 3.8) is 0 Å². The van der Waals surface area contributed by atoms with E-state index in [0.29, 0.717) is 0 Å². The molecule has 0 saturated heterocycles. The van der Waals surface area contributed by atoms with Crippen molar-refractivity contribution < 1.29 is 22.7 Å². The minimum atomic E-state index is -3.84. The molecule has 0 aliphatic carbocycles. The summed E-state index contributed by atoms with van der Waals surface area (Å²) in [4.78, 5) is 11.0. The van der Waals surface area contributed by atoms with Crippen LogP contribution in [0.4, 0.5) is 13.2 Å². The summed E-state index contributed by atoms with van der Waals surface area (Å²) in [5.74, 6) is -6.09. The van der Waals surface area contributed by atoms with Crippen molar-refractivity contribution in [3.05, 3.63) is 35.6 Å². The highest BCUT2D eigenvalue weighted by atomic mass is 19.3. The fraction of sp³-hybridized carbons (Fsp3) is 0.364. The van der Waals surface area contributed by atoms with Crippen LogP contribution in [-0.2, 0) is 9.53 Å². The second kappa shape index (κ2) is 5.18. The molecule has 0 aliphatic heterocycles. The van der Waals surface area contributed by atoms with Crippen molar-refractivity contribution >= 4 is 5.97 Å². The van der Waals surface area contributed by atoms with Crippen molar-refractivity contribution in [3.8, 4) is 0 Å². The Kier molecular flexibility index (Phi) is 4.11. The number of benzene rings is 1. The van der Waals surface area contributed by atoms with Crippen LogP contribution in [0.1, 0.15) is 18.5 Å². The summed E-state index contributed by atoms with van der Waals surface area (Å²) in [5, 5.41) is 0. The first-order valence-electron chi connectivity index (χ1n) is 4.95. The molecule has 2 N–H and O–H groups in total. The summed E-state index contributed by atoms with van der Waals surface area (Å²) >= 11 is 0. The number of carbonyl (C=O) groups excluding carboxylic acids is 1. The van der Waals surface area contributed by atoms with Crippen molar-refractivity contribution in [2.45, 2.75) is 18.9 Å². The Bertz CT molecular complexity index is 392. The number of rotatable bonds is 4. The molecular formula is C11H12F3NO2. The third-order valence-corrected chi connectivity index (χ3v) is 2.17. The molecule has 1 aromatic rings. The summed E-state index contributed by atoms with van der Waals surface area (Å²) in [5.41, 5.74) is 5.24. The van der Waals surface area contributed by atoms with E-state index in [0.717, 1.165) is 24.3 Å². The van der Waals surface area contributed by atoms with E-state index < -0.39 is 23.8 Å². The van der Waals surface area contributed by atoms with Crippen molar-refractivity contribution in [1.82, 2.24) is 0 Å². The van der Waals surface area contributed by atoms with E-state index >= 15 is 0 Å². The van der Waals surface area contributed by atoms with Gasteiger partial charge in [0.1, 0.15) is 11.9 Å². The van der Waals surface area contributed by atoms with E-state index in [1.54, 1.807) is 0 Å². The molecule has 0 fully saturated rings. The number of nitrogens with two attached hydrogens (primary N) is 1. The quantitative estimate of drug-likeness (QED) is 0.828. The van der Waals surface area contributed by atoms with Gasteiger partial charge in [-0.3, -0.25) is 0 Å². The molecule has 0 heterocycles. The SMILES string of the molecule is CCOC(=O)C(F)(F)[C@@H](N)c1ccc(F)cc1. The summed E-state index contributed by atoms with van der Waals surface area (Å²) in [7, 11) is 0. The molecule has 0 saturated carbocycles. The Balaban J connectivity index is 2.91. The van der Waals surface area contributed by atoms with Crippen LogP contribution in [0, 0.1) is 5.82 Å². The fourth-order valence-corrected chi connectivity index (χ4v) is 1.23. The molecular weight excluding hydrogens is 235 g/mol. The van der Waals surface area contributed by atoms with Gasteiger partial charge in [-0.15, -0.1) is 0 Å². The van der Waals surface area contributed by atoms with Gasteiger partial charge in [0.15, 0.2) is 0 Å². The van der Waals surface area contributed by atoms with Crippen LogP contribution in [0.3, 0.4) is 0 Å². The Morgan fingerprint density at radius 1 is 1.41 bits per heavy atom. The lowest BCUT2D eigenvalue weighted by molar-refractivity contribution is -0.174. The van der Waals surface area contributed by atoms with E-state index in [4.69, 9.17) is 5.73 Å². The van der Waals surface area contributed by atoms with Crippen LogP contribution in [0.25, 0.3) is 0 Å². The van der Waals surface area contributed by atoms with Crippen molar-refractivity contribution in [1.29, 1.82) is 0 Å². The molecule has 3 nitrogen and oxygen atoms in total. The number of hydrogen-bond donors (Lipinski definition) is 1. The summed E-state index contributed by atoms with van der Waals surface area (Å²) in [6, 6.07) is 2.34. The summed E-state index contributed by atoms with van der Waals surface area (Å²) in [6.07, 6.45) is 0. The van der Waals surface area contributed by atoms with Gasteiger partial charge in [0, 0.05) is 0 Å². The molecule has 0 spiro atoms. The van der Waals surface area contributed by atoms with E-state index in [1.165, 1.54) is 6.92 Å². The zero-order valence-corrected chi connectivity index (χ0v) is 9.12. The second-order valence-corrected chi connectivity index (χ2v) is 3.37. The maximum absolute atomic E-state index is 13.5. The maximum atomic E-state index is 13.5. The van der Waals surface area contributed by atoms with Gasteiger partial charge in [0.05, 0.1) is 6.61 Å². The highest BCUT2D eigenvalue weighted by Gasteiger charge is 2.47. The van der Waals surface area contributed by atoms with Crippen LogP contribution < -0.4 is 5.73 Å². The van der Waals surface area contributed by atoms with E-state index in [-0.39, 0.29) is 12.2 Å². The van der Waals surface area contributed by atoms with E-state index in [2.05, 4.69) is 4.74 Å². The number of ether oxygens (including phenoxy) is 1. The van der Waals surface area contributed by atoms with Crippen LogP contribution >= 0.6 is 0 Å². The van der Waals surface area contributed by atoms with Gasteiger partial charge in [0.25, 0.3) is 0 Å². The second-order valence-electron chi connectivity index (χ2n) is 3.37. The van der Waals surface area contributed by atoms with E-state index in [9.17, 15) is 18.0 Å². The first-order chi connectivity index (χ1) is 7.89. The predicted molar refractivity (Wildman–Crippen MR) is 54.9 cm³/mol. The number of carbonyl (C=O) groups is 1. The number of esters is 1. The van der Waals surface area contributed by atoms with Gasteiger partial charge in [-0.1, -0.05) is 12.1 Å². The fourth-order valence-electron chi connectivity index (χ4n) is 1.23. The molecule has 1 aromatic carbocycles. The third-order valence-electron chi connectivity index (χ3n) is 2.17. The molecule has 0 radical (unpaired) electrons. The van der Waals surface area contributed by atoms with Gasteiger partial charge in [-0.2, -0.15) is 8.78 Å². The lowest BCUT2D eigenvalue weighted by Crippen LogP contribution is -2.41. The normalized spacial score (nSPS) is 13.2. The minimum Gasteiger partial charge on any atom is -0.462 e. The number of hydrogen-bond acceptors (Lipinski definition) is 3. The monoisotopic (exact) mass is 247 g/mol. The Hall–Kier alpha value is -1.56. The van der Waals surface area contributed by atoms with Crippen LogP contribution in [-0.4, -0.2) is 18.5 Å². The molecule has 0 aromatic heterocycles. The van der Waals surface area contributed by atoms with Gasteiger partial charge in [-0.05, 0) is 24.6 Å².